The molecular weight excluding hydrogens is 741 g/mol. The molecule has 7 aromatic carbocycles. The second kappa shape index (κ2) is 19.3. The molecule has 4 atom stereocenters. The molecule has 7 rings (SSSR count). The van der Waals surface area contributed by atoms with Gasteiger partial charge in [0.05, 0.1) is 33.4 Å². The van der Waals surface area contributed by atoms with Crippen molar-refractivity contribution in [1.82, 2.24) is 0 Å². The lowest BCUT2D eigenvalue weighted by Crippen LogP contribution is -2.56. The SMILES string of the molecule is COc1cccc(N(c2ccccc2)c2ccc(N([C@@H](C)C(C)N(c3ccccc3)c3cccc(OC)c3)[C@@H](C)C(C)N(c3ccccc3)c3cccc(OC)c3)cc2)c1. The number of ether oxygens (including phenoxy) is 3. The molecule has 7 heteroatoms. The number of para-hydroxylation sites is 3. The van der Waals surface area contributed by atoms with Gasteiger partial charge in [-0.1, -0.05) is 72.8 Å². The summed E-state index contributed by atoms with van der Waals surface area (Å²) in [5, 5.41) is 0. The van der Waals surface area contributed by atoms with Gasteiger partial charge in [0.2, 0.25) is 0 Å². The Bertz CT molecular complexity index is 2290. The van der Waals surface area contributed by atoms with E-state index in [1.54, 1.807) is 21.3 Å². The minimum absolute atomic E-state index is 0.00579. The van der Waals surface area contributed by atoms with Crippen LogP contribution in [-0.4, -0.2) is 45.5 Å². The number of rotatable bonds is 17. The minimum Gasteiger partial charge on any atom is -0.497 e. The van der Waals surface area contributed by atoms with Gasteiger partial charge in [0.1, 0.15) is 17.2 Å². The van der Waals surface area contributed by atoms with Crippen molar-refractivity contribution in [3.63, 3.8) is 0 Å². The van der Waals surface area contributed by atoms with Crippen molar-refractivity contribution in [1.29, 1.82) is 0 Å². The third-order valence-corrected chi connectivity index (χ3v) is 11.6. The Kier molecular flexibility index (Phi) is 13.3. The average molecular weight is 797 g/mol. The van der Waals surface area contributed by atoms with Gasteiger partial charge < -0.3 is 33.8 Å². The highest BCUT2D eigenvalue weighted by molar-refractivity contribution is 5.78. The van der Waals surface area contributed by atoms with Gasteiger partial charge in [-0.25, -0.2) is 0 Å². The molecule has 7 aromatic rings. The molecule has 0 spiro atoms. The zero-order chi connectivity index (χ0) is 42.0. The van der Waals surface area contributed by atoms with E-state index in [0.717, 1.165) is 62.7 Å². The average Bonchev–Trinajstić information content (AvgIpc) is 3.31. The van der Waals surface area contributed by atoms with Crippen LogP contribution in [0.25, 0.3) is 0 Å². The summed E-state index contributed by atoms with van der Waals surface area (Å²) in [6, 6.07) is 65.7. The van der Waals surface area contributed by atoms with E-state index in [0.29, 0.717) is 0 Å². The predicted octanol–water partition coefficient (Wildman–Crippen LogP) is 13.2. The van der Waals surface area contributed by atoms with E-state index in [4.69, 9.17) is 14.2 Å². The lowest BCUT2D eigenvalue weighted by molar-refractivity contribution is 0.414. The van der Waals surface area contributed by atoms with E-state index >= 15 is 0 Å². The van der Waals surface area contributed by atoms with Crippen molar-refractivity contribution < 1.29 is 14.2 Å². The van der Waals surface area contributed by atoms with Crippen LogP contribution in [-0.2, 0) is 0 Å². The van der Waals surface area contributed by atoms with Crippen molar-refractivity contribution in [2.75, 3.05) is 40.9 Å². The zero-order valence-corrected chi connectivity index (χ0v) is 35.7. The van der Waals surface area contributed by atoms with Gasteiger partial charge in [0.25, 0.3) is 0 Å². The number of hydrogen-bond acceptors (Lipinski definition) is 7. The normalized spacial score (nSPS) is 13.0. The lowest BCUT2D eigenvalue weighted by Gasteiger charge is -2.48. The van der Waals surface area contributed by atoms with E-state index in [2.05, 4.69) is 205 Å². The van der Waals surface area contributed by atoms with Crippen LogP contribution in [0.4, 0.5) is 45.5 Å². The van der Waals surface area contributed by atoms with Crippen LogP contribution in [0.15, 0.2) is 188 Å². The fourth-order valence-electron chi connectivity index (χ4n) is 8.22. The summed E-state index contributed by atoms with van der Waals surface area (Å²) >= 11 is 0. The van der Waals surface area contributed by atoms with Crippen LogP contribution in [0.1, 0.15) is 27.7 Å². The fourth-order valence-corrected chi connectivity index (χ4v) is 8.22. The first kappa shape index (κ1) is 41.3. The van der Waals surface area contributed by atoms with Gasteiger partial charge in [-0.15, -0.1) is 0 Å². The van der Waals surface area contributed by atoms with E-state index in [1.807, 2.05) is 30.3 Å². The summed E-state index contributed by atoms with van der Waals surface area (Å²) in [5.41, 5.74) is 8.60. The molecule has 0 radical (unpaired) electrons. The lowest BCUT2D eigenvalue weighted by atomic mass is 9.98. The third-order valence-electron chi connectivity index (χ3n) is 11.6. The summed E-state index contributed by atoms with van der Waals surface area (Å²) in [5.74, 6) is 2.44. The molecule has 306 valence electrons. The molecule has 0 aromatic heterocycles. The van der Waals surface area contributed by atoms with Crippen molar-refractivity contribution >= 4 is 45.5 Å². The van der Waals surface area contributed by atoms with Gasteiger partial charge in [0.15, 0.2) is 0 Å². The van der Waals surface area contributed by atoms with Gasteiger partial charge in [-0.3, -0.25) is 0 Å². The second-order valence-corrected chi connectivity index (χ2v) is 15.1. The standard InChI is InChI=1S/C53H56N4O3/c1-39(41(3)55(43-20-11-8-12-21-43)48-26-17-29-51(36-48)58-5)54(40(2)42(4)56(44-22-13-9-14-23-44)49-27-18-30-52(37-49)59-6)46-32-34-47(35-33-46)57(45-24-15-10-16-25-45)50-28-19-31-53(38-50)60-7/h8-42H,1-7H3/t39-,40-,41?,42?/m0/s1. The first-order valence-electron chi connectivity index (χ1n) is 20.7. The molecule has 0 N–H and O–H groups in total. The Morgan fingerprint density at radius 3 is 1.02 bits per heavy atom. The molecule has 0 bridgehead atoms. The number of methoxy groups -OCH3 is 3. The van der Waals surface area contributed by atoms with E-state index in [1.165, 1.54) is 0 Å². The zero-order valence-electron chi connectivity index (χ0n) is 35.7. The number of hydrogen-bond donors (Lipinski definition) is 0. The monoisotopic (exact) mass is 796 g/mol. The largest absolute Gasteiger partial charge is 0.497 e. The van der Waals surface area contributed by atoms with Gasteiger partial charge in [-0.05, 0) is 125 Å². The van der Waals surface area contributed by atoms with E-state index < -0.39 is 0 Å². The van der Waals surface area contributed by atoms with Crippen LogP contribution >= 0.6 is 0 Å². The number of nitrogens with zero attached hydrogens (tertiary/aromatic N) is 4. The summed E-state index contributed by atoms with van der Waals surface area (Å²) in [6.07, 6.45) is 0. The summed E-state index contributed by atoms with van der Waals surface area (Å²) in [6.45, 7) is 9.35. The van der Waals surface area contributed by atoms with Crippen molar-refractivity contribution in [3.05, 3.63) is 188 Å². The second-order valence-electron chi connectivity index (χ2n) is 15.1. The summed E-state index contributed by atoms with van der Waals surface area (Å²) < 4.78 is 17.1. The van der Waals surface area contributed by atoms with Crippen LogP contribution in [0.3, 0.4) is 0 Å². The molecule has 60 heavy (non-hydrogen) atoms. The van der Waals surface area contributed by atoms with E-state index in [-0.39, 0.29) is 24.2 Å². The molecule has 0 aliphatic heterocycles. The molecule has 0 aliphatic carbocycles. The molecule has 0 heterocycles. The predicted molar refractivity (Wildman–Crippen MR) is 251 cm³/mol. The Morgan fingerprint density at radius 1 is 0.300 bits per heavy atom. The van der Waals surface area contributed by atoms with Gasteiger partial charge in [-0.2, -0.15) is 0 Å². The summed E-state index contributed by atoms with van der Waals surface area (Å²) in [7, 11) is 5.15. The maximum absolute atomic E-state index is 5.74. The van der Waals surface area contributed by atoms with Crippen LogP contribution in [0, 0.1) is 0 Å². The maximum Gasteiger partial charge on any atom is 0.120 e. The molecule has 0 saturated heterocycles. The summed E-state index contributed by atoms with van der Waals surface area (Å²) in [4.78, 5) is 9.74. The Hall–Kier alpha value is -6.86. The Balaban J connectivity index is 1.35. The first-order valence-corrected chi connectivity index (χ1v) is 20.7. The first-order chi connectivity index (χ1) is 29.3. The van der Waals surface area contributed by atoms with E-state index in [9.17, 15) is 0 Å². The molecule has 7 nitrogen and oxygen atoms in total. The minimum atomic E-state index is 0.00579. The number of anilines is 8. The highest BCUT2D eigenvalue weighted by Crippen LogP contribution is 2.40. The molecular formula is C53H56N4O3. The Labute approximate surface area is 356 Å². The van der Waals surface area contributed by atoms with Crippen LogP contribution < -0.4 is 33.8 Å². The Morgan fingerprint density at radius 2 is 0.617 bits per heavy atom. The quantitative estimate of drug-likeness (QED) is 0.0909. The topological polar surface area (TPSA) is 40.7 Å². The smallest absolute Gasteiger partial charge is 0.120 e. The van der Waals surface area contributed by atoms with Crippen LogP contribution in [0.2, 0.25) is 0 Å². The molecule has 0 fully saturated rings. The van der Waals surface area contributed by atoms with Crippen molar-refractivity contribution in [2.45, 2.75) is 51.9 Å². The van der Waals surface area contributed by atoms with Crippen LogP contribution in [0.5, 0.6) is 17.2 Å². The highest BCUT2D eigenvalue weighted by Gasteiger charge is 2.35. The van der Waals surface area contributed by atoms with Gasteiger partial charge in [0, 0.05) is 75.8 Å². The fraction of sp³-hybridized carbons (Fsp3) is 0.208. The van der Waals surface area contributed by atoms with Crippen molar-refractivity contribution in [3.8, 4) is 17.2 Å². The maximum atomic E-state index is 5.74. The molecule has 2 unspecified atom stereocenters. The molecule has 0 saturated carbocycles. The van der Waals surface area contributed by atoms with Crippen molar-refractivity contribution in [2.24, 2.45) is 0 Å². The highest BCUT2D eigenvalue weighted by atomic mass is 16.5. The third kappa shape index (κ3) is 9.06. The number of benzene rings is 7. The van der Waals surface area contributed by atoms with Gasteiger partial charge >= 0.3 is 0 Å². The molecule has 0 aliphatic rings. The molecule has 0 amide bonds.